The van der Waals surface area contributed by atoms with Gasteiger partial charge in [-0.3, -0.25) is 14.2 Å². The zero-order valence-corrected chi connectivity index (χ0v) is 27.0. The highest BCUT2D eigenvalue weighted by molar-refractivity contribution is 7.89. The van der Waals surface area contributed by atoms with Crippen molar-refractivity contribution in [1.29, 1.82) is 0 Å². The summed E-state index contributed by atoms with van der Waals surface area (Å²) in [6.07, 6.45) is 1.14. The molecule has 14 heteroatoms. The van der Waals surface area contributed by atoms with Gasteiger partial charge in [0.1, 0.15) is 29.9 Å². The SMILES string of the molecule is CC(OCn1c(=O)c2cccnc2n(CCC(C(=O)O)N(C)S(=O)(=O)c2ccc(Oc3ccccc3)cc2)c1=O)[Si](C)(C)C. The summed E-state index contributed by atoms with van der Waals surface area (Å²) in [7, 11) is -4.81. The molecule has 0 saturated heterocycles. The van der Waals surface area contributed by atoms with Crippen LogP contribution in [0.1, 0.15) is 13.3 Å². The second kappa shape index (κ2) is 13.3. The Morgan fingerprint density at radius 2 is 1.61 bits per heavy atom. The molecule has 0 aliphatic rings. The van der Waals surface area contributed by atoms with Crippen LogP contribution in [0.15, 0.2) is 87.4 Å². The molecule has 0 saturated carbocycles. The van der Waals surface area contributed by atoms with Crippen molar-refractivity contribution < 1.29 is 27.8 Å². The van der Waals surface area contributed by atoms with E-state index in [-0.39, 0.29) is 41.4 Å². The first-order valence-corrected chi connectivity index (χ1v) is 19.0. The summed E-state index contributed by atoms with van der Waals surface area (Å²) in [5.41, 5.74) is -1.39. The first kappa shape index (κ1) is 32.8. The van der Waals surface area contributed by atoms with Crippen LogP contribution < -0.4 is 16.0 Å². The molecule has 2 aromatic carbocycles. The van der Waals surface area contributed by atoms with Crippen LogP contribution in [0.4, 0.5) is 0 Å². The fraction of sp³-hybridized carbons (Fsp3) is 0.333. The largest absolute Gasteiger partial charge is 0.480 e. The number of nitrogens with zero attached hydrogens (tertiary/aromatic N) is 4. The quantitative estimate of drug-likeness (QED) is 0.216. The van der Waals surface area contributed by atoms with Gasteiger partial charge in [0.25, 0.3) is 5.56 Å². The number of para-hydroxylation sites is 1. The third-order valence-electron chi connectivity index (χ3n) is 7.48. The topological polar surface area (TPSA) is 150 Å². The molecule has 0 aliphatic carbocycles. The lowest BCUT2D eigenvalue weighted by molar-refractivity contribution is -0.141. The van der Waals surface area contributed by atoms with Crippen molar-refractivity contribution in [2.24, 2.45) is 0 Å². The Labute approximate surface area is 256 Å². The zero-order valence-electron chi connectivity index (χ0n) is 25.2. The van der Waals surface area contributed by atoms with Crippen LogP contribution in [0.5, 0.6) is 11.5 Å². The maximum Gasteiger partial charge on any atom is 0.334 e. The first-order chi connectivity index (χ1) is 20.7. The number of rotatable bonds is 13. The molecule has 12 nitrogen and oxygen atoms in total. The number of fused-ring (bicyclic) bond motifs is 1. The summed E-state index contributed by atoms with van der Waals surface area (Å²) in [5.74, 6) is -0.414. The minimum atomic E-state index is -4.25. The van der Waals surface area contributed by atoms with Gasteiger partial charge >= 0.3 is 11.7 Å². The number of aromatic nitrogens is 3. The second-order valence-electron chi connectivity index (χ2n) is 11.4. The lowest BCUT2D eigenvalue weighted by atomic mass is 10.2. The van der Waals surface area contributed by atoms with Crippen LogP contribution in [0, 0.1) is 0 Å². The Morgan fingerprint density at radius 1 is 0.977 bits per heavy atom. The van der Waals surface area contributed by atoms with E-state index in [1.54, 1.807) is 30.3 Å². The molecule has 0 spiro atoms. The molecule has 1 N–H and O–H groups in total. The van der Waals surface area contributed by atoms with E-state index in [1.165, 1.54) is 48.1 Å². The third-order valence-corrected chi connectivity index (χ3v) is 12.0. The lowest BCUT2D eigenvalue weighted by Crippen LogP contribution is -2.46. The number of pyridine rings is 1. The van der Waals surface area contributed by atoms with E-state index in [2.05, 4.69) is 24.6 Å². The maximum absolute atomic E-state index is 13.5. The molecule has 0 bridgehead atoms. The van der Waals surface area contributed by atoms with Gasteiger partial charge in [-0.1, -0.05) is 37.8 Å². The van der Waals surface area contributed by atoms with Crippen molar-refractivity contribution in [2.75, 3.05) is 7.05 Å². The van der Waals surface area contributed by atoms with Gasteiger partial charge in [-0.05, 0) is 61.9 Å². The van der Waals surface area contributed by atoms with E-state index >= 15 is 0 Å². The molecule has 0 amide bonds. The highest BCUT2D eigenvalue weighted by Gasteiger charge is 2.33. The third kappa shape index (κ3) is 7.15. The van der Waals surface area contributed by atoms with Crippen LogP contribution in [0.3, 0.4) is 0 Å². The molecule has 4 rings (SSSR count). The van der Waals surface area contributed by atoms with Crippen LogP contribution in [-0.2, 0) is 32.8 Å². The molecule has 2 atom stereocenters. The lowest BCUT2D eigenvalue weighted by Gasteiger charge is -2.26. The number of carbonyl (C=O) groups is 1. The molecule has 2 heterocycles. The van der Waals surface area contributed by atoms with Gasteiger partial charge in [0.15, 0.2) is 0 Å². The predicted molar refractivity (Wildman–Crippen MR) is 168 cm³/mol. The summed E-state index contributed by atoms with van der Waals surface area (Å²) >= 11 is 0. The number of ether oxygens (including phenoxy) is 2. The molecule has 2 aromatic heterocycles. The summed E-state index contributed by atoms with van der Waals surface area (Å²) < 4.78 is 41.4. The number of aryl methyl sites for hydroxylation is 1. The van der Waals surface area contributed by atoms with Crippen molar-refractivity contribution in [3.05, 3.63) is 93.8 Å². The number of hydrogen-bond donors (Lipinski definition) is 1. The van der Waals surface area contributed by atoms with Gasteiger partial charge in [0.2, 0.25) is 10.0 Å². The van der Waals surface area contributed by atoms with E-state index in [0.29, 0.717) is 11.5 Å². The standard InChI is InChI=1S/C30H36N4O8SSi/c1-21(44(3,4)5)41-20-34-28(35)25-12-9-18-31-27(25)33(30(34)38)19-17-26(29(36)37)32(2)43(39,40)24-15-13-23(14-16-24)42-22-10-7-6-8-11-22/h6-16,18,21,26H,17,19-20H2,1-5H3,(H,36,37). The molecule has 2 unspecified atom stereocenters. The zero-order chi connectivity index (χ0) is 32.2. The Kier molecular flexibility index (Phi) is 9.88. The van der Waals surface area contributed by atoms with Crippen LogP contribution >= 0.6 is 0 Å². The van der Waals surface area contributed by atoms with Crippen molar-refractivity contribution in [3.8, 4) is 11.5 Å². The highest BCUT2D eigenvalue weighted by Crippen LogP contribution is 2.25. The van der Waals surface area contributed by atoms with E-state index in [1.807, 2.05) is 13.0 Å². The van der Waals surface area contributed by atoms with Gasteiger partial charge in [0, 0.05) is 25.5 Å². The molecular weight excluding hydrogens is 605 g/mol. The summed E-state index contributed by atoms with van der Waals surface area (Å²) in [5, 5.41) is 10.2. The minimum absolute atomic E-state index is 0.0700. The molecule has 0 radical (unpaired) electrons. The number of aliphatic carboxylic acids is 1. The number of carboxylic acids is 1. The maximum atomic E-state index is 13.5. The van der Waals surface area contributed by atoms with Crippen molar-refractivity contribution >= 4 is 35.1 Å². The summed E-state index contributed by atoms with van der Waals surface area (Å²) in [4.78, 5) is 43.1. The second-order valence-corrected chi connectivity index (χ2v) is 18.9. The Morgan fingerprint density at radius 3 is 2.23 bits per heavy atom. The smallest absolute Gasteiger partial charge is 0.334 e. The number of benzene rings is 2. The van der Waals surface area contributed by atoms with E-state index < -0.39 is 41.4 Å². The Bertz CT molecular complexity index is 1850. The summed E-state index contributed by atoms with van der Waals surface area (Å²) in [6, 6.07) is 16.1. The average Bonchev–Trinajstić information content (AvgIpc) is 2.98. The molecule has 0 aliphatic heterocycles. The van der Waals surface area contributed by atoms with E-state index in [4.69, 9.17) is 9.47 Å². The summed E-state index contributed by atoms with van der Waals surface area (Å²) in [6.45, 7) is 7.70. The van der Waals surface area contributed by atoms with E-state index in [0.717, 1.165) is 8.87 Å². The van der Waals surface area contributed by atoms with Gasteiger partial charge in [-0.25, -0.2) is 22.8 Å². The van der Waals surface area contributed by atoms with Crippen LogP contribution in [-0.4, -0.2) is 64.8 Å². The number of hydrogen-bond acceptors (Lipinski definition) is 8. The molecule has 44 heavy (non-hydrogen) atoms. The fourth-order valence-electron chi connectivity index (χ4n) is 4.35. The van der Waals surface area contributed by atoms with Gasteiger partial charge in [-0.15, -0.1) is 0 Å². The first-order valence-electron chi connectivity index (χ1n) is 14.0. The number of sulfonamides is 1. The van der Waals surface area contributed by atoms with E-state index in [9.17, 15) is 27.9 Å². The number of carboxylic acid groups (broad SMARTS) is 1. The van der Waals surface area contributed by atoms with Gasteiger partial charge < -0.3 is 14.6 Å². The van der Waals surface area contributed by atoms with Crippen LogP contribution in [0.25, 0.3) is 11.0 Å². The normalized spacial score (nSPS) is 13.6. The van der Waals surface area contributed by atoms with Crippen molar-refractivity contribution in [1.82, 2.24) is 18.4 Å². The van der Waals surface area contributed by atoms with Gasteiger partial charge in [-0.2, -0.15) is 4.31 Å². The predicted octanol–water partition coefficient (Wildman–Crippen LogP) is 3.75. The Hall–Kier alpha value is -4.11. The van der Waals surface area contributed by atoms with Gasteiger partial charge in [0.05, 0.1) is 18.4 Å². The van der Waals surface area contributed by atoms with Crippen LogP contribution in [0.2, 0.25) is 19.6 Å². The van der Waals surface area contributed by atoms with Crippen molar-refractivity contribution in [3.63, 3.8) is 0 Å². The molecule has 0 fully saturated rings. The Balaban J connectivity index is 1.60. The molecule has 4 aromatic rings. The fourth-order valence-corrected chi connectivity index (χ4v) is 6.27. The highest BCUT2D eigenvalue weighted by atomic mass is 32.2. The number of likely N-dealkylation sites (N-methyl/N-ethyl adjacent to an activating group) is 1. The average molecular weight is 641 g/mol. The monoisotopic (exact) mass is 640 g/mol. The minimum Gasteiger partial charge on any atom is -0.480 e. The van der Waals surface area contributed by atoms with Crippen molar-refractivity contribution in [2.45, 2.75) is 62.9 Å². The molecule has 234 valence electrons. The molecular formula is C30H36N4O8SSi.